The third-order valence-corrected chi connectivity index (χ3v) is 21.8. The van der Waals surface area contributed by atoms with Crippen molar-refractivity contribution in [1.82, 2.24) is 0 Å². The average molecular weight is 823 g/mol. The molecule has 2 aromatic rings. The Morgan fingerprint density at radius 3 is 1.23 bits per heavy atom. The minimum atomic E-state index is -5.26. The van der Waals surface area contributed by atoms with Gasteiger partial charge in [0, 0.05) is 0 Å². The van der Waals surface area contributed by atoms with Crippen LogP contribution in [0.4, 0.5) is 28.9 Å². The molecule has 9 heteroatoms. The van der Waals surface area contributed by atoms with Crippen molar-refractivity contribution in [2.45, 2.75) is 152 Å². The molecule has 2 fully saturated rings. The van der Waals surface area contributed by atoms with Crippen LogP contribution in [-0.2, 0) is 26.2 Å². The summed E-state index contributed by atoms with van der Waals surface area (Å²) in [4.78, 5) is 32.5. The summed E-state index contributed by atoms with van der Waals surface area (Å²) < 4.78 is 69.2. The van der Waals surface area contributed by atoms with Gasteiger partial charge in [-0.1, -0.05) is 0 Å². The molecule has 2 amide bonds. The van der Waals surface area contributed by atoms with E-state index in [1.165, 1.54) is 24.3 Å². The number of benzene rings is 2. The van der Waals surface area contributed by atoms with Crippen molar-refractivity contribution in [3.63, 3.8) is 0 Å². The molecule has 4 nitrogen and oxygen atoms in total. The Labute approximate surface area is 341 Å². The molecule has 0 saturated heterocycles. The molecule has 308 valence electrons. The van der Waals surface area contributed by atoms with E-state index in [9.17, 15) is 9.59 Å². The number of amides is 2. The van der Waals surface area contributed by atoms with Gasteiger partial charge in [-0.05, 0) is 0 Å². The van der Waals surface area contributed by atoms with E-state index in [0.717, 1.165) is 51.4 Å². The fraction of sp³-hybridized carbons (Fsp3) is 0.542. The monoisotopic (exact) mass is 822 g/mol. The van der Waals surface area contributed by atoms with Gasteiger partial charge in [0.05, 0.1) is 0 Å². The zero-order valence-electron chi connectivity index (χ0n) is 34.9. The van der Waals surface area contributed by atoms with Crippen LogP contribution in [0.2, 0.25) is 8.45 Å². The van der Waals surface area contributed by atoms with Crippen LogP contribution in [0, 0.1) is 34.1 Å². The number of nitrogens with zero attached hydrogens (tertiary/aromatic N) is 2. The van der Waals surface area contributed by atoms with Gasteiger partial charge in [0.25, 0.3) is 0 Å². The molecule has 57 heavy (non-hydrogen) atoms. The second kappa shape index (κ2) is 18.0. The molecule has 4 aliphatic carbocycles. The number of rotatable bonds is 14. The number of anilines is 2. The van der Waals surface area contributed by atoms with Gasteiger partial charge in [-0.3, -0.25) is 0 Å². The number of allylic oxidation sites excluding steroid dienone is 8. The molecule has 0 spiro atoms. The Morgan fingerprint density at radius 1 is 0.579 bits per heavy atom. The molecule has 0 radical (unpaired) electrons. The first-order valence-corrected chi connectivity index (χ1v) is 24.9. The summed E-state index contributed by atoms with van der Waals surface area (Å²) in [6, 6.07) is 4.54. The van der Waals surface area contributed by atoms with E-state index in [0.29, 0.717) is 38.5 Å². The SMILES string of the molecule is CCCC(C)(C)C(=O)N(c1ccc(F)[c]([Ti]([c]2c(F)ccc(N(C(=O)C(C)(C)CCC)C3CCCCC3)c2F)([CH]2C=CC=C2)[CH]2C=CC=C2)c1F)C1CCCCC1. The fourth-order valence-electron chi connectivity index (χ4n) is 10.4. The van der Waals surface area contributed by atoms with Crippen molar-refractivity contribution in [3.05, 3.63) is 96.1 Å². The van der Waals surface area contributed by atoms with Gasteiger partial charge in [0.1, 0.15) is 0 Å². The number of carbonyl (C=O) groups excluding carboxylic acids is 2. The molecule has 0 aliphatic heterocycles. The number of hydrogen-bond acceptors (Lipinski definition) is 2. The summed E-state index contributed by atoms with van der Waals surface area (Å²) in [5.74, 6) is -4.06. The maximum absolute atomic E-state index is 18.4. The third-order valence-electron chi connectivity index (χ3n) is 13.3. The Morgan fingerprint density at radius 2 is 0.912 bits per heavy atom. The first kappa shape index (κ1) is 43.4. The van der Waals surface area contributed by atoms with Gasteiger partial charge in [0.15, 0.2) is 0 Å². The van der Waals surface area contributed by atoms with Gasteiger partial charge in [-0.15, -0.1) is 0 Å². The van der Waals surface area contributed by atoms with Gasteiger partial charge in [-0.25, -0.2) is 0 Å². The van der Waals surface area contributed by atoms with E-state index in [-0.39, 0.29) is 43.0 Å². The maximum atomic E-state index is 18.4. The standard InChI is InChI=1S/2C19H26F2NO.2C5H5.Ti/c2*1-4-12-19(2,3)18(23)22(15-8-6-5-7-9-15)17-11-10-14(20)13-16(17)21;2*1-2-4-5-3-1;/h2*10-11,15H,4-9,12H2,1-3H3;2*1-5H;. The van der Waals surface area contributed by atoms with Crippen molar-refractivity contribution in [3.8, 4) is 0 Å². The summed E-state index contributed by atoms with van der Waals surface area (Å²) in [6.45, 7) is 11.5. The molecular formula is C48H62F4N2O2Ti. The first-order chi connectivity index (χ1) is 27.2. The van der Waals surface area contributed by atoms with Gasteiger partial charge in [0.2, 0.25) is 0 Å². The van der Waals surface area contributed by atoms with E-state index >= 15 is 17.6 Å². The number of hydrogen-bond donors (Lipinski definition) is 0. The predicted molar refractivity (Wildman–Crippen MR) is 222 cm³/mol. The van der Waals surface area contributed by atoms with Crippen LogP contribution in [0.3, 0.4) is 0 Å². The molecule has 0 heterocycles. The van der Waals surface area contributed by atoms with Gasteiger partial charge < -0.3 is 0 Å². The van der Waals surface area contributed by atoms with E-state index in [4.69, 9.17) is 0 Å². The topological polar surface area (TPSA) is 40.6 Å². The Bertz CT molecular complexity index is 1760. The zero-order chi connectivity index (χ0) is 41.1. The predicted octanol–water partition coefficient (Wildman–Crippen LogP) is 12.2. The quantitative estimate of drug-likeness (QED) is 0.141. The number of halogens is 4. The van der Waals surface area contributed by atoms with Crippen molar-refractivity contribution in [2.75, 3.05) is 9.80 Å². The molecule has 0 unspecified atom stereocenters. The Kier molecular flexibility index (Phi) is 13.7. The van der Waals surface area contributed by atoms with Crippen molar-refractivity contribution >= 4 is 30.9 Å². The third kappa shape index (κ3) is 8.20. The minimum absolute atomic E-state index is 0.0308. The van der Waals surface area contributed by atoms with E-state index < -0.39 is 59.1 Å². The second-order valence-corrected chi connectivity index (χ2v) is 24.5. The first-order valence-electron chi connectivity index (χ1n) is 21.6. The van der Waals surface area contributed by atoms with Crippen LogP contribution in [0.15, 0.2) is 72.9 Å². The molecule has 2 saturated carbocycles. The van der Waals surface area contributed by atoms with Crippen LogP contribution in [0.25, 0.3) is 0 Å². The summed E-state index contributed by atoms with van der Waals surface area (Å²) in [6.07, 6.45) is 25.3. The molecule has 0 N–H and O–H groups in total. The van der Waals surface area contributed by atoms with E-state index in [1.54, 1.807) is 34.1 Å². The Balaban J connectivity index is 1.67. The van der Waals surface area contributed by atoms with Crippen LogP contribution in [0.5, 0.6) is 0 Å². The van der Waals surface area contributed by atoms with Crippen molar-refractivity contribution < 1.29 is 43.7 Å². The summed E-state index contributed by atoms with van der Waals surface area (Å²) in [5, 5.41) is 0. The number of carbonyl (C=O) groups is 2. The second-order valence-electron chi connectivity index (χ2n) is 18.2. The summed E-state index contributed by atoms with van der Waals surface area (Å²) >= 11 is -5.26. The van der Waals surface area contributed by atoms with Crippen LogP contribution >= 0.6 is 0 Å². The van der Waals surface area contributed by atoms with Crippen LogP contribution in [0.1, 0.15) is 131 Å². The van der Waals surface area contributed by atoms with Crippen LogP contribution < -0.4 is 17.5 Å². The zero-order valence-corrected chi connectivity index (χ0v) is 36.4. The molecule has 6 rings (SSSR count). The fourth-order valence-corrected chi connectivity index (χ4v) is 19.2. The van der Waals surface area contributed by atoms with E-state index in [2.05, 4.69) is 0 Å². The molecule has 0 atom stereocenters. The molecule has 4 aliphatic rings. The van der Waals surface area contributed by atoms with Crippen molar-refractivity contribution in [2.24, 2.45) is 10.8 Å². The van der Waals surface area contributed by atoms with Gasteiger partial charge in [-0.2, -0.15) is 0 Å². The Hall–Kier alpha value is -3.23. The summed E-state index contributed by atoms with van der Waals surface area (Å²) in [5.41, 5.74) is -1.71. The molecule has 2 aromatic carbocycles. The molecule has 0 aromatic heterocycles. The average Bonchev–Trinajstić information content (AvgIpc) is 3.93. The van der Waals surface area contributed by atoms with Crippen LogP contribution in [-0.4, -0.2) is 23.9 Å². The molecule has 0 bridgehead atoms. The molecular weight excluding hydrogens is 760 g/mol. The van der Waals surface area contributed by atoms with Crippen molar-refractivity contribution in [1.29, 1.82) is 0 Å². The van der Waals surface area contributed by atoms with E-state index in [1.807, 2.05) is 65.8 Å². The normalized spacial score (nSPS) is 18.6. The van der Waals surface area contributed by atoms with Gasteiger partial charge >= 0.3 is 343 Å². The summed E-state index contributed by atoms with van der Waals surface area (Å²) in [7, 11) is 0.